The smallest absolute Gasteiger partial charge is 0.188 e. The van der Waals surface area contributed by atoms with Crippen LogP contribution in [-0.2, 0) is 9.53 Å². The third-order valence-electron chi connectivity index (χ3n) is 1.63. The number of ketones is 1. The molecule has 0 unspecified atom stereocenters. The standard InChI is InChI=1S/C9H17NO2/c1-9(2,12-5)8(11)6-7-10(3)4/h6-7H,1-5H3/b7-6+. The molecule has 0 N–H and O–H groups in total. The summed E-state index contributed by atoms with van der Waals surface area (Å²) in [6.07, 6.45) is 3.23. The summed E-state index contributed by atoms with van der Waals surface area (Å²) in [6.45, 7) is 3.49. The number of methoxy groups -OCH3 is 1. The van der Waals surface area contributed by atoms with Gasteiger partial charge in [0.15, 0.2) is 5.78 Å². The molecule has 0 saturated carbocycles. The van der Waals surface area contributed by atoms with E-state index in [0.717, 1.165) is 0 Å². The second kappa shape index (κ2) is 4.26. The first-order valence-corrected chi connectivity index (χ1v) is 3.84. The zero-order valence-corrected chi connectivity index (χ0v) is 8.42. The lowest BCUT2D eigenvalue weighted by molar-refractivity contribution is -0.131. The Morgan fingerprint density at radius 1 is 1.42 bits per heavy atom. The van der Waals surface area contributed by atoms with Crippen LogP contribution in [0.3, 0.4) is 0 Å². The highest BCUT2D eigenvalue weighted by atomic mass is 16.5. The van der Waals surface area contributed by atoms with Crippen LogP contribution in [0.15, 0.2) is 12.3 Å². The van der Waals surface area contributed by atoms with Gasteiger partial charge >= 0.3 is 0 Å². The summed E-state index contributed by atoms with van der Waals surface area (Å²) in [5, 5.41) is 0. The van der Waals surface area contributed by atoms with Crippen molar-refractivity contribution in [3.8, 4) is 0 Å². The fraction of sp³-hybridized carbons (Fsp3) is 0.667. The van der Waals surface area contributed by atoms with Gasteiger partial charge in [-0.3, -0.25) is 4.79 Å². The molecule has 0 aromatic rings. The molecule has 0 aromatic carbocycles. The van der Waals surface area contributed by atoms with E-state index in [1.54, 1.807) is 20.0 Å². The maximum atomic E-state index is 11.4. The lowest BCUT2D eigenvalue weighted by Crippen LogP contribution is -2.32. The highest BCUT2D eigenvalue weighted by Crippen LogP contribution is 2.09. The van der Waals surface area contributed by atoms with Crippen LogP contribution in [0.2, 0.25) is 0 Å². The number of carbonyl (C=O) groups is 1. The third-order valence-corrected chi connectivity index (χ3v) is 1.63. The molecular formula is C9H17NO2. The number of rotatable bonds is 4. The van der Waals surface area contributed by atoms with Crippen molar-refractivity contribution in [2.75, 3.05) is 21.2 Å². The van der Waals surface area contributed by atoms with Gasteiger partial charge in [0.05, 0.1) is 0 Å². The van der Waals surface area contributed by atoms with Crippen LogP contribution < -0.4 is 0 Å². The molecule has 3 nitrogen and oxygen atoms in total. The van der Waals surface area contributed by atoms with Gasteiger partial charge in [-0.25, -0.2) is 0 Å². The van der Waals surface area contributed by atoms with Crippen molar-refractivity contribution in [3.05, 3.63) is 12.3 Å². The number of hydrogen-bond donors (Lipinski definition) is 0. The third kappa shape index (κ3) is 3.53. The van der Waals surface area contributed by atoms with Crippen molar-refractivity contribution < 1.29 is 9.53 Å². The second-order valence-electron chi connectivity index (χ2n) is 3.36. The van der Waals surface area contributed by atoms with Gasteiger partial charge in [0, 0.05) is 33.5 Å². The quantitative estimate of drug-likeness (QED) is 0.592. The molecule has 70 valence electrons. The highest BCUT2D eigenvalue weighted by molar-refractivity contribution is 5.96. The van der Waals surface area contributed by atoms with Crippen molar-refractivity contribution in [1.82, 2.24) is 4.90 Å². The molecule has 0 amide bonds. The van der Waals surface area contributed by atoms with Gasteiger partial charge in [-0.05, 0) is 13.8 Å². The van der Waals surface area contributed by atoms with Crippen LogP contribution in [-0.4, -0.2) is 37.5 Å². The molecule has 0 aliphatic rings. The molecule has 0 spiro atoms. The van der Waals surface area contributed by atoms with E-state index in [0.29, 0.717) is 0 Å². The number of carbonyl (C=O) groups excluding carboxylic acids is 1. The summed E-state index contributed by atoms with van der Waals surface area (Å²) in [5.74, 6) is -0.0290. The Hall–Kier alpha value is -0.830. The van der Waals surface area contributed by atoms with Gasteiger partial charge in [-0.15, -0.1) is 0 Å². The molecule has 0 atom stereocenters. The molecule has 0 aromatic heterocycles. The van der Waals surface area contributed by atoms with E-state index in [-0.39, 0.29) is 5.78 Å². The average Bonchev–Trinajstić information content (AvgIpc) is 2.00. The first kappa shape index (κ1) is 11.2. The maximum Gasteiger partial charge on any atom is 0.188 e. The minimum atomic E-state index is -0.716. The van der Waals surface area contributed by atoms with Gasteiger partial charge in [0.2, 0.25) is 0 Å². The predicted molar refractivity (Wildman–Crippen MR) is 48.9 cm³/mol. The van der Waals surface area contributed by atoms with Gasteiger partial charge in [0.1, 0.15) is 5.60 Å². The molecule has 0 aliphatic heterocycles. The molecule has 0 fully saturated rings. The van der Waals surface area contributed by atoms with Gasteiger partial charge in [-0.2, -0.15) is 0 Å². The second-order valence-corrected chi connectivity index (χ2v) is 3.36. The van der Waals surface area contributed by atoms with Crippen LogP contribution in [0.25, 0.3) is 0 Å². The van der Waals surface area contributed by atoms with E-state index < -0.39 is 5.60 Å². The van der Waals surface area contributed by atoms with Crippen molar-refractivity contribution in [3.63, 3.8) is 0 Å². The fourth-order valence-electron chi connectivity index (χ4n) is 0.518. The van der Waals surface area contributed by atoms with Crippen molar-refractivity contribution in [1.29, 1.82) is 0 Å². The van der Waals surface area contributed by atoms with Crippen molar-refractivity contribution in [2.45, 2.75) is 19.4 Å². The lowest BCUT2D eigenvalue weighted by atomic mass is 10.0. The van der Waals surface area contributed by atoms with E-state index in [1.165, 1.54) is 13.2 Å². The number of nitrogens with zero attached hydrogens (tertiary/aromatic N) is 1. The first-order valence-electron chi connectivity index (χ1n) is 3.84. The molecule has 0 heterocycles. The lowest BCUT2D eigenvalue weighted by Gasteiger charge is -2.19. The van der Waals surface area contributed by atoms with E-state index >= 15 is 0 Å². The van der Waals surface area contributed by atoms with Crippen molar-refractivity contribution >= 4 is 5.78 Å². The summed E-state index contributed by atoms with van der Waals surface area (Å²) in [5.41, 5.74) is -0.716. The summed E-state index contributed by atoms with van der Waals surface area (Å²) >= 11 is 0. The molecule has 0 aliphatic carbocycles. The normalized spacial score (nSPS) is 12.1. The van der Waals surface area contributed by atoms with Gasteiger partial charge in [-0.1, -0.05) is 0 Å². The summed E-state index contributed by atoms with van der Waals surface area (Å²) in [6, 6.07) is 0. The summed E-state index contributed by atoms with van der Waals surface area (Å²) < 4.78 is 5.01. The van der Waals surface area contributed by atoms with E-state index in [1.807, 2.05) is 19.0 Å². The molecular weight excluding hydrogens is 154 g/mol. The van der Waals surface area contributed by atoms with E-state index in [2.05, 4.69) is 0 Å². The molecule has 0 saturated heterocycles. The largest absolute Gasteiger partial charge is 0.383 e. The minimum absolute atomic E-state index is 0.0290. The van der Waals surface area contributed by atoms with Crippen LogP contribution in [0.4, 0.5) is 0 Å². The predicted octanol–water partition coefficient (Wildman–Crippen LogP) is 1.06. The molecule has 3 heteroatoms. The first-order chi connectivity index (χ1) is 5.40. The van der Waals surface area contributed by atoms with Crippen LogP contribution in [0, 0.1) is 0 Å². The van der Waals surface area contributed by atoms with Gasteiger partial charge in [0.25, 0.3) is 0 Å². The zero-order valence-electron chi connectivity index (χ0n) is 8.42. The summed E-state index contributed by atoms with van der Waals surface area (Å²) in [4.78, 5) is 13.2. The Morgan fingerprint density at radius 2 is 1.92 bits per heavy atom. The highest BCUT2D eigenvalue weighted by Gasteiger charge is 2.23. The molecule has 0 bridgehead atoms. The topological polar surface area (TPSA) is 29.5 Å². The van der Waals surface area contributed by atoms with Crippen LogP contribution in [0.1, 0.15) is 13.8 Å². The maximum absolute atomic E-state index is 11.4. The number of hydrogen-bond acceptors (Lipinski definition) is 3. The Labute approximate surface area is 74.0 Å². The Kier molecular flexibility index (Phi) is 3.96. The van der Waals surface area contributed by atoms with Crippen LogP contribution in [0.5, 0.6) is 0 Å². The van der Waals surface area contributed by atoms with E-state index in [4.69, 9.17) is 4.74 Å². The zero-order chi connectivity index (χ0) is 9.78. The minimum Gasteiger partial charge on any atom is -0.383 e. The summed E-state index contributed by atoms with van der Waals surface area (Å²) in [7, 11) is 5.26. The Morgan fingerprint density at radius 3 is 2.25 bits per heavy atom. The fourth-order valence-corrected chi connectivity index (χ4v) is 0.518. The Balaban J connectivity index is 4.22. The average molecular weight is 171 g/mol. The molecule has 0 radical (unpaired) electrons. The van der Waals surface area contributed by atoms with Crippen molar-refractivity contribution in [2.24, 2.45) is 0 Å². The monoisotopic (exact) mass is 171 g/mol. The van der Waals surface area contributed by atoms with Gasteiger partial charge < -0.3 is 9.64 Å². The van der Waals surface area contributed by atoms with E-state index in [9.17, 15) is 4.79 Å². The molecule has 12 heavy (non-hydrogen) atoms. The van der Waals surface area contributed by atoms with Crippen LogP contribution >= 0.6 is 0 Å². The SMILES string of the molecule is COC(C)(C)C(=O)/C=C/N(C)C. The Bertz CT molecular complexity index is 183. The molecule has 0 rings (SSSR count). The number of ether oxygens (including phenoxy) is 1.